The van der Waals surface area contributed by atoms with Crippen LogP contribution in [0.2, 0.25) is 0 Å². The molecule has 3 rings (SSSR count). The fourth-order valence-electron chi connectivity index (χ4n) is 4.07. The maximum Gasteiger partial charge on any atom is 0.0947 e. The van der Waals surface area contributed by atoms with E-state index in [0.717, 1.165) is 25.9 Å². The first-order chi connectivity index (χ1) is 10.1. The van der Waals surface area contributed by atoms with E-state index in [1.54, 1.807) is 0 Å². The zero-order valence-electron chi connectivity index (χ0n) is 13.5. The molecule has 2 aliphatic rings. The second kappa shape index (κ2) is 6.10. The SMILES string of the molecule is CC1(C)CCCN(C2CCCc3ccccc3C2O)CC1. The molecule has 0 aromatic heterocycles. The van der Waals surface area contributed by atoms with Crippen LogP contribution >= 0.6 is 0 Å². The molecule has 1 heterocycles. The molecule has 21 heavy (non-hydrogen) atoms. The number of likely N-dealkylation sites (tertiary alicyclic amines) is 1. The lowest BCUT2D eigenvalue weighted by Crippen LogP contribution is -2.40. The highest BCUT2D eigenvalue weighted by Gasteiger charge is 2.33. The van der Waals surface area contributed by atoms with Crippen molar-refractivity contribution in [2.75, 3.05) is 13.1 Å². The summed E-state index contributed by atoms with van der Waals surface area (Å²) in [4.78, 5) is 2.57. The third-order valence-corrected chi connectivity index (χ3v) is 5.53. The minimum Gasteiger partial charge on any atom is -0.387 e. The van der Waals surface area contributed by atoms with Crippen LogP contribution in [0.15, 0.2) is 24.3 Å². The smallest absolute Gasteiger partial charge is 0.0947 e. The van der Waals surface area contributed by atoms with Crippen LogP contribution in [0.25, 0.3) is 0 Å². The number of hydrogen-bond donors (Lipinski definition) is 1. The minimum atomic E-state index is -0.315. The van der Waals surface area contributed by atoms with Gasteiger partial charge in [0.2, 0.25) is 0 Å². The van der Waals surface area contributed by atoms with Crippen molar-refractivity contribution in [3.8, 4) is 0 Å². The number of aryl methyl sites for hydroxylation is 1. The molecule has 2 nitrogen and oxygen atoms in total. The highest BCUT2D eigenvalue weighted by atomic mass is 16.3. The molecule has 0 spiro atoms. The Balaban J connectivity index is 1.79. The van der Waals surface area contributed by atoms with Crippen LogP contribution in [0.1, 0.15) is 63.2 Å². The fourth-order valence-corrected chi connectivity index (χ4v) is 4.07. The van der Waals surface area contributed by atoms with Gasteiger partial charge in [0, 0.05) is 6.04 Å². The second-order valence-corrected chi connectivity index (χ2v) is 7.66. The molecule has 0 saturated carbocycles. The van der Waals surface area contributed by atoms with Gasteiger partial charge < -0.3 is 5.11 Å². The summed E-state index contributed by atoms with van der Waals surface area (Å²) < 4.78 is 0. The molecular formula is C19H29NO. The first-order valence-electron chi connectivity index (χ1n) is 8.57. The molecule has 1 fully saturated rings. The largest absolute Gasteiger partial charge is 0.387 e. The van der Waals surface area contributed by atoms with E-state index in [9.17, 15) is 5.11 Å². The third-order valence-electron chi connectivity index (χ3n) is 5.53. The van der Waals surface area contributed by atoms with E-state index in [-0.39, 0.29) is 6.10 Å². The highest BCUT2D eigenvalue weighted by Crippen LogP contribution is 2.36. The second-order valence-electron chi connectivity index (χ2n) is 7.66. The van der Waals surface area contributed by atoms with Gasteiger partial charge in [0.25, 0.3) is 0 Å². The molecular weight excluding hydrogens is 258 g/mol. The van der Waals surface area contributed by atoms with E-state index in [2.05, 4.69) is 43.0 Å². The zero-order valence-corrected chi connectivity index (χ0v) is 13.5. The van der Waals surface area contributed by atoms with Gasteiger partial charge in [-0.05, 0) is 68.2 Å². The number of aliphatic hydroxyl groups excluding tert-OH is 1. The number of nitrogens with zero attached hydrogens (tertiary/aromatic N) is 1. The Morgan fingerprint density at radius 2 is 1.90 bits per heavy atom. The van der Waals surface area contributed by atoms with E-state index in [1.807, 2.05) is 0 Å². The molecule has 116 valence electrons. The van der Waals surface area contributed by atoms with Crippen LogP contribution in [0.5, 0.6) is 0 Å². The van der Waals surface area contributed by atoms with E-state index < -0.39 is 0 Å². The van der Waals surface area contributed by atoms with Gasteiger partial charge >= 0.3 is 0 Å². The summed E-state index contributed by atoms with van der Waals surface area (Å²) in [6.45, 7) is 7.05. The average Bonchev–Trinajstić information content (AvgIpc) is 2.74. The summed E-state index contributed by atoms with van der Waals surface area (Å²) in [5.74, 6) is 0. The van der Waals surface area contributed by atoms with E-state index in [4.69, 9.17) is 0 Å². The van der Waals surface area contributed by atoms with Gasteiger partial charge in [0.1, 0.15) is 0 Å². The Morgan fingerprint density at radius 1 is 1.10 bits per heavy atom. The fraction of sp³-hybridized carbons (Fsp3) is 0.684. The summed E-state index contributed by atoms with van der Waals surface area (Å²) in [7, 11) is 0. The summed E-state index contributed by atoms with van der Waals surface area (Å²) in [6.07, 6.45) is 6.93. The molecule has 2 unspecified atom stereocenters. The van der Waals surface area contributed by atoms with Crippen LogP contribution in [0.3, 0.4) is 0 Å². The topological polar surface area (TPSA) is 23.5 Å². The molecule has 1 N–H and O–H groups in total. The van der Waals surface area contributed by atoms with Crippen molar-refractivity contribution < 1.29 is 5.11 Å². The third kappa shape index (κ3) is 3.32. The van der Waals surface area contributed by atoms with Gasteiger partial charge in [0.05, 0.1) is 6.10 Å². The number of aliphatic hydroxyl groups is 1. The molecule has 1 aromatic carbocycles. The van der Waals surface area contributed by atoms with Crippen molar-refractivity contribution >= 4 is 0 Å². The molecule has 0 bridgehead atoms. The molecule has 2 heteroatoms. The van der Waals surface area contributed by atoms with Crippen molar-refractivity contribution in [2.45, 2.75) is 64.5 Å². The standard InChI is InChI=1S/C19H29NO/c1-19(2)11-6-13-20(14-12-19)17-10-5-8-15-7-3-4-9-16(15)18(17)21/h3-4,7,9,17-18,21H,5-6,8,10-14H2,1-2H3. The Bertz CT molecular complexity index is 482. The molecule has 1 saturated heterocycles. The Morgan fingerprint density at radius 3 is 2.76 bits per heavy atom. The maximum absolute atomic E-state index is 10.9. The van der Waals surface area contributed by atoms with Crippen LogP contribution in [0, 0.1) is 5.41 Å². The number of fused-ring (bicyclic) bond motifs is 1. The van der Waals surface area contributed by atoms with Gasteiger partial charge in [-0.2, -0.15) is 0 Å². The Kier molecular flexibility index (Phi) is 4.37. The van der Waals surface area contributed by atoms with E-state index in [0.29, 0.717) is 11.5 Å². The van der Waals surface area contributed by atoms with Gasteiger partial charge in [-0.25, -0.2) is 0 Å². The van der Waals surface area contributed by atoms with Crippen molar-refractivity contribution in [3.63, 3.8) is 0 Å². The number of benzene rings is 1. The molecule has 1 aliphatic carbocycles. The van der Waals surface area contributed by atoms with Crippen LogP contribution in [-0.2, 0) is 6.42 Å². The minimum absolute atomic E-state index is 0.308. The monoisotopic (exact) mass is 287 g/mol. The maximum atomic E-state index is 10.9. The van der Waals surface area contributed by atoms with Crippen molar-refractivity contribution in [1.29, 1.82) is 0 Å². The zero-order chi connectivity index (χ0) is 14.9. The number of rotatable bonds is 1. The Labute approximate surface area is 129 Å². The van der Waals surface area contributed by atoms with Gasteiger partial charge in [-0.3, -0.25) is 4.90 Å². The predicted molar refractivity (Wildman–Crippen MR) is 87.3 cm³/mol. The van der Waals surface area contributed by atoms with Crippen molar-refractivity contribution in [3.05, 3.63) is 35.4 Å². The van der Waals surface area contributed by atoms with Crippen molar-refractivity contribution in [2.24, 2.45) is 5.41 Å². The molecule has 0 radical (unpaired) electrons. The molecule has 2 atom stereocenters. The van der Waals surface area contributed by atoms with Gasteiger partial charge in [-0.1, -0.05) is 38.1 Å². The molecule has 1 aliphatic heterocycles. The average molecular weight is 287 g/mol. The highest BCUT2D eigenvalue weighted by molar-refractivity contribution is 5.31. The van der Waals surface area contributed by atoms with E-state index in [1.165, 1.54) is 36.8 Å². The summed E-state index contributed by atoms with van der Waals surface area (Å²) in [6, 6.07) is 8.78. The number of hydrogen-bond acceptors (Lipinski definition) is 2. The first-order valence-corrected chi connectivity index (χ1v) is 8.57. The van der Waals surface area contributed by atoms with Crippen LogP contribution < -0.4 is 0 Å². The predicted octanol–water partition coefficient (Wildman–Crippen LogP) is 3.94. The summed E-state index contributed by atoms with van der Waals surface area (Å²) in [5.41, 5.74) is 2.98. The van der Waals surface area contributed by atoms with Crippen molar-refractivity contribution in [1.82, 2.24) is 4.90 Å². The summed E-state index contributed by atoms with van der Waals surface area (Å²) >= 11 is 0. The van der Waals surface area contributed by atoms with Gasteiger partial charge in [0.15, 0.2) is 0 Å². The molecule has 1 aromatic rings. The Hall–Kier alpha value is -0.860. The first kappa shape index (κ1) is 15.1. The normalized spacial score (nSPS) is 30.2. The van der Waals surface area contributed by atoms with E-state index >= 15 is 0 Å². The van der Waals surface area contributed by atoms with Crippen LogP contribution in [-0.4, -0.2) is 29.1 Å². The lowest BCUT2D eigenvalue weighted by molar-refractivity contribution is 0.0449. The van der Waals surface area contributed by atoms with Crippen LogP contribution in [0.4, 0.5) is 0 Å². The lowest BCUT2D eigenvalue weighted by Gasteiger charge is -2.34. The van der Waals surface area contributed by atoms with Gasteiger partial charge in [-0.15, -0.1) is 0 Å². The lowest BCUT2D eigenvalue weighted by atomic mass is 9.85. The quantitative estimate of drug-likeness (QED) is 0.791. The summed E-state index contributed by atoms with van der Waals surface area (Å²) in [5, 5.41) is 10.9. The molecule has 0 amide bonds.